The van der Waals surface area contributed by atoms with E-state index in [1.807, 2.05) is 44.2 Å². The highest BCUT2D eigenvalue weighted by Crippen LogP contribution is 2.17. The van der Waals surface area contributed by atoms with Crippen molar-refractivity contribution >= 4 is 17.2 Å². The molecule has 0 unspecified atom stereocenters. The maximum Gasteiger partial charge on any atom is 0.321 e. The number of allylic oxidation sites excluding steroid dienone is 1. The van der Waals surface area contributed by atoms with Crippen molar-refractivity contribution in [2.24, 2.45) is 0 Å². The fourth-order valence-corrected chi connectivity index (χ4v) is 1.45. The number of benzene rings is 1. The highest BCUT2D eigenvalue weighted by atomic mass is 16.5. The number of hydrogen-bond acceptors (Lipinski definition) is 5. The Balaban J connectivity index is 2.31. The maximum absolute atomic E-state index is 5.33. The lowest BCUT2D eigenvalue weighted by atomic mass is 10.3. The first-order valence-electron chi connectivity index (χ1n) is 6.06. The fraction of sp³-hybridized carbons (Fsp3) is 0.214. The monoisotopic (exact) mass is 256 g/mol. The van der Waals surface area contributed by atoms with E-state index < -0.39 is 0 Å². The lowest BCUT2D eigenvalue weighted by Gasteiger charge is -2.08. The molecule has 5 nitrogen and oxygen atoms in total. The Hall–Kier alpha value is -2.43. The van der Waals surface area contributed by atoms with Crippen molar-refractivity contribution in [2.45, 2.75) is 13.8 Å². The third kappa shape index (κ3) is 3.51. The molecule has 0 radical (unpaired) electrons. The van der Waals surface area contributed by atoms with E-state index in [0.717, 1.165) is 11.3 Å². The van der Waals surface area contributed by atoms with E-state index in [9.17, 15) is 0 Å². The summed E-state index contributed by atoms with van der Waals surface area (Å²) < 4.78 is 5.33. The molecule has 0 amide bonds. The van der Waals surface area contributed by atoms with Gasteiger partial charge < -0.3 is 10.1 Å². The molecule has 5 heteroatoms. The van der Waals surface area contributed by atoms with Crippen LogP contribution in [-0.2, 0) is 0 Å². The molecule has 0 spiro atoms. The number of anilines is 2. The summed E-state index contributed by atoms with van der Waals surface area (Å²) in [6.45, 7) is 8.07. The largest absolute Gasteiger partial charge is 0.464 e. The quantitative estimate of drug-likeness (QED) is 0.891. The van der Waals surface area contributed by atoms with Crippen LogP contribution in [0.3, 0.4) is 0 Å². The summed E-state index contributed by atoms with van der Waals surface area (Å²) in [7, 11) is 0. The Morgan fingerprint density at radius 2 is 1.95 bits per heavy atom. The zero-order valence-corrected chi connectivity index (χ0v) is 11.1. The summed E-state index contributed by atoms with van der Waals surface area (Å²) in [5, 5.41) is 3.11. The summed E-state index contributed by atoms with van der Waals surface area (Å²) in [6, 6.07) is 9.99. The number of ether oxygens (including phenoxy) is 1. The summed E-state index contributed by atoms with van der Waals surface area (Å²) in [6.07, 6.45) is 0. The van der Waals surface area contributed by atoms with E-state index in [-0.39, 0.29) is 0 Å². The minimum atomic E-state index is 0.300. The number of nitrogens with zero attached hydrogens (tertiary/aromatic N) is 3. The zero-order valence-electron chi connectivity index (χ0n) is 11.1. The standard InChI is InChI=1S/C14H16N4O/c1-4-19-14-17-12(10(2)3)16-13(18-14)15-11-8-6-5-7-9-11/h5-9H,2,4H2,1,3H3,(H,15,16,17,18). The Morgan fingerprint density at radius 1 is 1.21 bits per heavy atom. The van der Waals surface area contributed by atoms with Gasteiger partial charge in [-0.15, -0.1) is 0 Å². The van der Waals surface area contributed by atoms with Crippen molar-refractivity contribution < 1.29 is 4.74 Å². The average molecular weight is 256 g/mol. The third-order valence-electron chi connectivity index (χ3n) is 2.30. The second-order valence-corrected chi connectivity index (χ2v) is 3.97. The third-order valence-corrected chi connectivity index (χ3v) is 2.30. The molecule has 2 rings (SSSR count). The highest BCUT2D eigenvalue weighted by molar-refractivity contribution is 5.58. The predicted molar refractivity (Wildman–Crippen MR) is 75.4 cm³/mol. The van der Waals surface area contributed by atoms with Gasteiger partial charge in [0.05, 0.1) is 6.61 Å². The van der Waals surface area contributed by atoms with E-state index >= 15 is 0 Å². The zero-order chi connectivity index (χ0) is 13.7. The predicted octanol–water partition coefficient (Wildman–Crippen LogP) is 3.05. The van der Waals surface area contributed by atoms with E-state index in [1.165, 1.54) is 0 Å². The Bertz CT molecular complexity index is 569. The molecular weight excluding hydrogens is 240 g/mol. The van der Waals surface area contributed by atoms with Crippen molar-refractivity contribution in [3.05, 3.63) is 42.7 Å². The Morgan fingerprint density at radius 3 is 2.58 bits per heavy atom. The second kappa shape index (κ2) is 5.95. The number of nitrogens with one attached hydrogen (secondary N) is 1. The van der Waals surface area contributed by atoms with Crippen molar-refractivity contribution in [3.8, 4) is 6.01 Å². The molecule has 1 aromatic carbocycles. The average Bonchev–Trinajstić information content (AvgIpc) is 2.40. The summed E-state index contributed by atoms with van der Waals surface area (Å²) in [4.78, 5) is 12.7. The van der Waals surface area contributed by atoms with Gasteiger partial charge >= 0.3 is 6.01 Å². The molecule has 2 aromatic rings. The van der Waals surface area contributed by atoms with Crippen LogP contribution in [-0.4, -0.2) is 21.6 Å². The van der Waals surface area contributed by atoms with Gasteiger partial charge in [-0.25, -0.2) is 0 Å². The molecule has 0 saturated heterocycles. The Labute approximate surface area is 112 Å². The van der Waals surface area contributed by atoms with Gasteiger partial charge in [0, 0.05) is 5.69 Å². The van der Waals surface area contributed by atoms with Crippen molar-refractivity contribution in [1.29, 1.82) is 0 Å². The molecule has 0 atom stereocenters. The molecule has 0 aliphatic rings. The van der Waals surface area contributed by atoms with Gasteiger partial charge in [0.15, 0.2) is 5.82 Å². The first-order chi connectivity index (χ1) is 9.19. The van der Waals surface area contributed by atoms with Crippen LogP contribution in [0.1, 0.15) is 19.7 Å². The topological polar surface area (TPSA) is 59.9 Å². The normalized spacial score (nSPS) is 10.0. The molecule has 0 aliphatic carbocycles. The van der Waals surface area contributed by atoms with Gasteiger partial charge in [0.2, 0.25) is 5.95 Å². The number of rotatable bonds is 5. The van der Waals surface area contributed by atoms with Gasteiger partial charge in [0.25, 0.3) is 0 Å². The van der Waals surface area contributed by atoms with Crippen LogP contribution < -0.4 is 10.1 Å². The maximum atomic E-state index is 5.33. The minimum Gasteiger partial charge on any atom is -0.464 e. The summed E-state index contributed by atoms with van der Waals surface area (Å²) >= 11 is 0. The number of para-hydroxylation sites is 1. The molecular formula is C14H16N4O. The molecule has 1 aromatic heterocycles. The van der Waals surface area contributed by atoms with Crippen molar-refractivity contribution in [2.75, 3.05) is 11.9 Å². The van der Waals surface area contributed by atoms with Gasteiger partial charge in [-0.05, 0) is 31.6 Å². The summed E-state index contributed by atoms with van der Waals surface area (Å²) in [5.74, 6) is 0.972. The van der Waals surface area contributed by atoms with E-state index in [1.54, 1.807) is 0 Å². The first-order valence-corrected chi connectivity index (χ1v) is 6.06. The van der Waals surface area contributed by atoms with Gasteiger partial charge in [-0.1, -0.05) is 24.8 Å². The van der Waals surface area contributed by atoms with Crippen LogP contribution in [0.2, 0.25) is 0 Å². The molecule has 1 N–H and O–H groups in total. The van der Waals surface area contributed by atoms with E-state index in [2.05, 4.69) is 26.8 Å². The van der Waals surface area contributed by atoms with Gasteiger partial charge in [-0.2, -0.15) is 15.0 Å². The van der Waals surface area contributed by atoms with Crippen LogP contribution in [0.4, 0.5) is 11.6 Å². The molecule has 0 fully saturated rings. The number of hydrogen-bond donors (Lipinski definition) is 1. The lowest BCUT2D eigenvalue weighted by molar-refractivity contribution is 0.311. The van der Waals surface area contributed by atoms with Gasteiger partial charge in [-0.3, -0.25) is 0 Å². The SMILES string of the molecule is C=C(C)c1nc(Nc2ccccc2)nc(OCC)n1. The molecule has 1 heterocycles. The number of aromatic nitrogens is 3. The van der Waals surface area contributed by atoms with Crippen LogP contribution in [0, 0.1) is 0 Å². The Kier molecular flexibility index (Phi) is 4.07. The molecule has 0 aliphatic heterocycles. The first kappa shape index (κ1) is 13.0. The van der Waals surface area contributed by atoms with Crippen LogP contribution in [0.15, 0.2) is 36.9 Å². The minimum absolute atomic E-state index is 0.300. The molecule has 0 saturated carbocycles. The molecule has 98 valence electrons. The van der Waals surface area contributed by atoms with Crippen LogP contribution >= 0.6 is 0 Å². The van der Waals surface area contributed by atoms with Crippen LogP contribution in [0.25, 0.3) is 5.57 Å². The summed E-state index contributed by atoms with van der Waals surface area (Å²) in [5.41, 5.74) is 1.67. The van der Waals surface area contributed by atoms with Crippen LogP contribution in [0.5, 0.6) is 6.01 Å². The van der Waals surface area contributed by atoms with E-state index in [0.29, 0.717) is 24.4 Å². The smallest absolute Gasteiger partial charge is 0.321 e. The van der Waals surface area contributed by atoms with E-state index in [4.69, 9.17) is 4.74 Å². The highest BCUT2D eigenvalue weighted by Gasteiger charge is 2.08. The molecule has 0 bridgehead atoms. The van der Waals surface area contributed by atoms with Crippen molar-refractivity contribution in [1.82, 2.24) is 15.0 Å². The lowest BCUT2D eigenvalue weighted by Crippen LogP contribution is -2.06. The fourth-order valence-electron chi connectivity index (χ4n) is 1.45. The van der Waals surface area contributed by atoms with Crippen molar-refractivity contribution in [3.63, 3.8) is 0 Å². The molecule has 19 heavy (non-hydrogen) atoms. The second-order valence-electron chi connectivity index (χ2n) is 3.97. The van der Waals surface area contributed by atoms with Gasteiger partial charge in [0.1, 0.15) is 0 Å².